The second-order valence-electron chi connectivity index (χ2n) is 9.39. The van der Waals surface area contributed by atoms with Crippen molar-refractivity contribution in [2.75, 3.05) is 0 Å². The van der Waals surface area contributed by atoms with Gasteiger partial charge in [-0.05, 0) is 88.0 Å². The number of hydrogen-bond donors (Lipinski definition) is 1. The predicted octanol–water partition coefficient (Wildman–Crippen LogP) is 7.63. The van der Waals surface area contributed by atoms with E-state index in [1.165, 1.54) is 48.0 Å². The molecule has 5 bridgehead atoms. The Morgan fingerprint density at radius 2 is 1.58 bits per heavy atom. The molecule has 2 aliphatic rings. The lowest BCUT2D eigenvalue weighted by molar-refractivity contribution is 0.376. The molecule has 1 N–H and O–H groups in total. The van der Waals surface area contributed by atoms with Crippen LogP contribution in [0.1, 0.15) is 62.1 Å². The summed E-state index contributed by atoms with van der Waals surface area (Å²) < 4.78 is 0. The van der Waals surface area contributed by atoms with Crippen molar-refractivity contribution in [1.82, 2.24) is 9.97 Å². The molecule has 0 aliphatic heterocycles. The molecule has 7 rings (SSSR count). The van der Waals surface area contributed by atoms with E-state index in [4.69, 9.17) is 5.11 Å². The van der Waals surface area contributed by atoms with Gasteiger partial charge in [-0.1, -0.05) is 62.4 Å². The van der Waals surface area contributed by atoms with Gasteiger partial charge in [0.1, 0.15) is 0 Å². The summed E-state index contributed by atoms with van der Waals surface area (Å²) in [5.41, 5.74) is 6.72. The van der Waals surface area contributed by atoms with Gasteiger partial charge in [0.2, 0.25) is 5.88 Å². The Labute approximate surface area is 194 Å². The summed E-state index contributed by atoms with van der Waals surface area (Å²) in [4.78, 5) is 7.84. The quantitative estimate of drug-likeness (QED) is 0.292. The van der Waals surface area contributed by atoms with Crippen molar-refractivity contribution in [3.05, 3.63) is 89.6 Å². The smallest absolute Gasteiger partial charge is 0.230 e. The minimum Gasteiger partial charge on any atom is -0.492 e. The Morgan fingerprint density at radius 3 is 2.36 bits per heavy atom. The number of fused-ring (bicyclic) bond motifs is 6. The SMILES string of the molecule is CCC1CCC2(CC)c3ccc4c(cc2c2ccccc24)c31.Oc1cnc2ccccc2n1. The van der Waals surface area contributed by atoms with Gasteiger partial charge in [0.05, 0.1) is 17.2 Å². The molecule has 0 fully saturated rings. The van der Waals surface area contributed by atoms with E-state index in [1.807, 2.05) is 24.3 Å². The van der Waals surface area contributed by atoms with Crippen LogP contribution in [0.25, 0.3) is 32.6 Å². The lowest BCUT2D eigenvalue weighted by Gasteiger charge is -2.46. The van der Waals surface area contributed by atoms with Crippen LogP contribution in [0, 0.1) is 0 Å². The Morgan fingerprint density at radius 1 is 0.848 bits per heavy atom. The van der Waals surface area contributed by atoms with Gasteiger partial charge in [-0.15, -0.1) is 0 Å². The molecule has 2 atom stereocenters. The molecule has 0 saturated carbocycles. The molecule has 1 aromatic heterocycles. The highest BCUT2D eigenvalue weighted by molar-refractivity contribution is 6.12. The molecule has 4 aromatic carbocycles. The number of hydrogen-bond acceptors (Lipinski definition) is 3. The van der Waals surface area contributed by atoms with Crippen molar-refractivity contribution in [1.29, 1.82) is 0 Å². The monoisotopic (exact) mass is 432 g/mol. The topological polar surface area (TPSA) is 46.0 Å². The summed E-state index contributed by atoms with van der Waals surface area (Å²) in [5.74, 6) is 0.719. The molecule has 2 aliphatic carbocycles. The summed E-state index contributed by atoms with van der Waals surface area (Å²) in [7, 11) is 0. The largest absolute Gasteiger partial charge is 0.492 e. The van der Waals surface area contributed by atoms with E-state index in [0.29, 0.717) is 5.52 Å². The summed E-state index contributed by atoms with van der Waals surface area (Å²) in [5, 5.41) is 14.9. The second-order valence-corrected chi connectivity index (χ2v) is 9.39. The van der Waals surface area contributed by atoms with Crippen LogP contribution >= 0.6 is 0 Å². The molecule has 5 aromatic rings. The van der Waals surface area contributed by atoms with Crippen molar-refractivity contribution in [2.24, 2.45) is 0 Å². The Balaban J connectivity index is 0.000000158. The highest BCUT2D eigenvalue weighted by Gasteiger charge is 2.44. The first kappa shape index (κ1) is 20.2. The van der Waals surface area contributed by atoms with Gasteiger partial charge in [-0.3, -0.25) is 0 Å². The highest BCUT2D eigenvalue weighted by atomic mass is 16.3. The lowest BCUT2D eigenvalue weighted by Crippen LogP contribution is -2.35. The standard InChI is InChI=1S/C22H22.C8H6N2O/c1-3-14-11-12-22(4-2)19-10-9-16-15-7-5-6-8-17(15)20(22)13-18(16)21(14)19;11-8-5-9-6-3-1-2-4-7(6)10-8/h5-10,13-14H,3-4,11-12H2,1-2H3;1-5H,(H,10,11). The Bertz CT molecular complexity index is 1520. The van der Waals surface area contributed by atoms with Crippen LogP contribution in [-0.4, -0.2) is 15.1 Å². The summed E-state index contributed by atoms with van der Waals surface area (Å²) >= 11 is 0. The first-order chi connectivity index (χ1) is 16.2. The molecular weight excluding hydrogens is 404 g/mol. The van der Waals surface area contributed by atoms with Crippen molar-refractivity contribution in [3.8, 4) is 5.88 Å². The molecule has 0 saturated heterocycles. The number of aromatic nitrogens is 2. The molecule has 33 heavy (non-hydrogen) atoms. The zero-order chi connectivity index (χ0) is 22.6. The van der Waals surface area contributed by atoms with Crippen LogP contribution in [0.4, 0.5) is 0 Å². The third-order valence-electron chi connectivity index (χ3n) is 7.97. The summed E-state index contributed by atoms with van der Waals surface area (Å²) in [6.07, 6.45) is 6.49. The third-order valence-corrected chi connectivity index (χ3v) is 7.97. The fourth-order valence-electron chi connectivity index (χ4n) is 6.35. The van der Waals surface area contributed by atoms with Gasteiger partial charge in [-0.2, -0.15) is 0 Å². The van der Waals surface area contributed by atoms with Crippen LogP contribution in [0.3, 0.4) is 0 Å². The van der Waals surface area contributed by atoms with Crippen LogP contribution in [0.2, 0.25) is 0 Å². The van der Waals surface area contributed by atoms with Gasteiger partial charge in [0, 0.05) is 5.41 Å². The van der Waals surface area contributed by atoms with Crippen LogP contribution in [-0.2, 0) is 5.41 Å². The van der Waals surface area contributed by atoms with Crippen LogP contribution in [0.5, 0.6) is 5.88 Å². The first-order valence-corrected chi connectivity index (χ1v) is 12.1. The molecule has 3 heteroatoms. The molecule has 164 valence electrons. The van der Waals surface area contributed by atoms with E-state index in [1.54, 1.807) is 22.1 Å². The maximum atomic E-state index is 8.96. The average molecular weight is 433 g/mol. The Kier molecular flexibility index (Phi) is 4.62. The maximum absolute atomic E-state index is 8.96. The average Bonchev–Trinajstić information content (AvgIpc) is 2.86. The lowest BCUT2D eigenvalue weighted by atomic mass is 9.57. The van der Waals surface area contributed by atoms with Crippen molar-refractivity contribution < 1.29 is 5.11 Å². The number of aromatic hydroxyl groups is 1. The fraction of sp³-hybridized carbons (Fsp3) is 0.267. The molecule has 2 unspecified atom stereocenters. The number of nitrogens with zero attached hydrogens (tertiary/aromatic N) is 2. The zero-order valence-corrected chi connectivity index (χ0v) is 19.2. The number of rotatable bonds is 2. The fourth-order valence-corrected chi connectivity index (χ4v) is 6.35. The molecule has 1 heterocycles. The Hall–Kier alpha value is -3.46. The summed E-state index contributed by atoms with van der Waals surface area (Å²) in [6.45, 7) is 4.74. The zero-order valence-electron chi connectivity index (χ0n) is 19.2. The van der Waals surface area contributed by atoms with E-state index in [-0.39, 0.29) is 11.3 Å². The van der Waals surface area contributed by atoms with Gasteiger partial charge < -0.3 is 5.11 Å². The minimum absolute atomic E-state index is 0.0382. The minimum atomic E-state index is -0.0382. The van der Waals surface area contributed by atoms with Gasteiger partial charge in [0.25, 0.3) is 0 Å². The maximum Gasteiger partial charge on any atom is 0.230 e. The molecule has 3 nitrogen and oxygen atoms in total. The molecular formula is C30H28N2O. The van der Waals surface area contributed by atoms with E-state index in [2.05, 4.69) is 66.3 Å². The third kappa shape index (κ3) is 2.88. The first-order valence-electron chi connectivity index (χ1n) is 12.1. The number of para-hydroxylation sites is 2. The van der Waals surface area contributed by atoms with Gasteiger partial charge in [0.15, 0.2) is 0 Å². The van der Waals surface area contributed by atoms with Gasteiger partial charge in [-0.25, -0.2) is 9.97 Å². The molecule has 0 amide bonds. The van der Waals surface area contributed by atoms with Crippen molar-refractivity contribution in [2.45, 2.75) is 50.9 Å². The predicted molar refractivity (Wildman–Crippen MR) is 136 cm³/mol. The summed E-state index contributed by atoms with van der Waals surface area (Å²) in [6, 6.07) is 23.8. The molecule has 0 spiro atoms. The number of benzene rings is 4. The van der Waals surface area contributed by atoms with E-state index >= 15 is 0 Å². The second kappa shape index (κ2) is 7.55. The van der Waals surface area contributed by atoms with E-state index in [0.717, 1.165) is 11.4 Å². The normalized spacial score (nSPS) is 20.4. The van der Waals surface area contributed by atoms with Crippen molar-refractivity contribution in [3.63, 3.8) is 0 Å². The molecule has 0 radical (unpaired) electrons. The van der Waals surface area contributed by atoms with Crippen LogP contribution in [0.15, 0.2) is 72.9 Å². The highest BCUT2D eigenvalue weighted by Crippen LogP contribution is 2.57. The van der Waals surface area contributed by atoms with E-state index in [9.17, 15) is 0 Å². The van der Waals surface area contributed by atoms with Gasteiger partial charge >= 0.3 is 0 Å². The van der Waals surface area contributed by atoms with Crippen LogP contribution < -0.4 is 0 Å². The van der Waals surface area contributed by atoms with E-state index < -0.39 is 0 Å². The van der Waals surface area contributed by atoms with Crippen molar-refractivity contribution >= 4 is 32.6 Å².